The van der Waals surface area contributed by atoms with E-state index in [-0.39, 0.29) is 17.9 Å². The molecule has 1 aliphatic heterocycles. The van der Waals surface area contributed by atoms with Gasteiger partial charge in [0.05, 0.1) is 13.0 Å². The average molecular weight is 305 g/mol. The number of nitrogens with one attached hydrogen (secondary N) is 1. The van der Waals surface area contributed by atoms with Gasteiger partial charge < -0.3 is 14.8 Å². The Morgan fingerprint density at radius 2 is 2.09 bits per heavy atom. The molecule has 1 aliphatic rings. The number of methoxy groups -OCH3 is 1. The first-order valence-corrected chi connectivity index (χ1v) is 7.65. The highest BCUT2D eigenvalue weighted by atomic mass is 16.5. The molecule has 0 aliphatic carbocycles. The van der Waals surface area contributed by atoms with Crippen molar-refractivity contribution in [2.45, 2.75) is 38.3 Å². The van der Waals surface area contributed by atoms with Crippen molar-refractivity contribution in [1.82, 2.24) is 5.32 Å². The minimum atomic E-state index is -0.419. The summed E-state index contributed by atoms with van der Waals surface area (Å²) in [6, 6.07) is 9.40. The standard InChI is InChI=1S/C17H23NO4/c1-12(18-16(19)15-9-6-10-22-15)14(17(20)21-2)11-13-7-4-3-5-8-13/h3-5,7-8,12,14-15H,6,9-11H2,1-2H3,(H,18,19)/t12?,14?,15-/m0/s1. The molecule has 0 saturated carbocycles. The molecule has 1 saturated heterocycles. The van der Waals surface area contributed by atoms with E-state index in [9.17, 15) is 9.59 Å². The molecular weight excluding hydrogens is 282 g/mol. The van der Waals surface area contributed by atoms with Crippen LogP contribution in [0.15, 0.2) is 30.3 Å². The molecule has 22 heavy (non-hydrogen) atoms. The fourth-order valence-electron chi connectivity index (χ4n) is 2.69. The molecular formula is C17H23NO4. The van der Waals surface area contributed by atoms with Crippen molar-refractivity contribution < 1.29 is 19.1 Å². The van der Waals surface area contributed by atoms with Crippen LogP contribution in [0.5, 0.6) is 0 Å². The smallest absolute Gasteiger partial charge is 0.311 e. The van der Waals surface area contributed by atoms with Gasteiger partial charge in [-0.3, -0.25) is 9.59 Å². The SMILES string of the molecule is COC(=O)C(Cc1ccccc1)C(C)NC(=O)[C@@H]1CCCO1. The Bertz CT molecular complexity index is 497. The largest absolute Gasteiger partial charge is 0.469 e. The number of esters is 1. The number of ether oxygens (including phenoxy) is 2. The van der Waals surface area contributed by atoms with Crippen LogP contribution in [0.3, 0.4) is 0 Å². The van der Waals surface area contributed by atoms with Gasteiger partial charge in [0, 0.05) is 12.6 Å². The number of amides is 1. The molecule has 2 unspecified atom stereocenters. The Labute approximate surface area is 131 Å². The van der Waals surface area contributed by atoms with Crippen molar-refractivity contribution >= 4 is 11.9 Å². The third kappa shape index (κ3) is 4.31. The summed E-state index contributed by atoms with van der Waals surface area (Å²) in [7, 11) is 1.37. The highest BCUT2D eigenvalue weighted by Gasteiger charge is 2.31. The first kappa shape index (κ1) is 16.5. The Morgan fingerprint density at radius 1 is 1.36 bits per heavy atom. The van der Waals surface area contributed by atoms with Gasteiger partial charge in [0.25, 0.3) is 0 Å². The third-order valence-electron chi connectivity index (χ3n) is 4.00. The third-order valence-corrected chi connectivity index (χ3v) is 4.00. The van der Waals surface area contributed by atoms with Gasteiger partial charge in [-0.25, -0.2) is 0 Å². The molecule has 120 valence electrons. The minimum absolute atomic E-state index is 0.146. The Hall–Kier alpha value is -1.88. The average Bonchev–Trinajstić information content (AvgIpc) is 3.07. The Morgan fingerprint density at radius 3 is 2.68 bits per heavy atom. The van der Waals surface area contributed by atoms with E-state index in [2.05, 4.69) is 5.32 Å². The lowest BCUT2D eigenvalue weighted by Crippen LogP contribution is -2.46. The zero-order valence-electron chi connectivity index (χ0n) is 13.1. The first-order valence-electron chi connectivity index (χ1n) is 7.65. The summed E-state index contributed by atoms with van der Waals surface area (Å²) in [5, 5.41) is 2.89. The van der Waals surface area contributed by atoms with E-state index >= 15 is 0 Å². The molecule has 1 fully saturated rings. The zero-order valence-corrected chi connectivity index (χ0v) is 13.1. The summed E-state index contributed by atoms with van der Waals surface area (Å²) in [5.41, 5.74) is 1.04. The summed E-state index contributed by atoms with van der Waals surface area (Å²) in [6.07, 6.45) is 1.77. The van der Waals surface area contributed by atoms with Crippen molar-refractivity contribution in [2.75, 3.05) is 13.7 Å². The predicted molar refractivity (Wildman–Crippen MR) is 82.2 cm³/mol. The molecule has 1 N–H and O–H groups in total. The zero-order chi connectivity index (χ0) is 15.9. The fourth-order valence-corrected chi connectivity index (χ4v) is 2.69. The van der Waals surface area contributed by atoms with Crippen LogP contribution in [0.4, 0.5) is 0 Å². The van der Waals surface area contributed by atoms with Crippen molar-refractivity contribution in [2.24, 2.45) is 5.92 Å². The summed E-state index contributed by atoms with van der Waals surface area (Å²) < 4.78 is 10.3. The van der Waals surface area contributed by atoms with Crippen LogP contribution in [-0.4, -0.2) is 37.7 Å². The number of hydrogen-bond acceptors (Lipinski definition) is 4. The molecule has 1 amide bonds. The van der Waals surface area contributed by atoms with Crippen molar-refractivity contribution in [3.8, 4) is 0 Å². The molecule has 3 atom stereocenters. The van der Waals surface area contributed by atoms with Crippen molar-refractivity contribution in [3.63, 3.8) is 0 Å². The maximum atomic E-state index is 12.1. The Balaban J connectivity index is 2.01. The van der Waals surface area contributed by atoms with Crippen LogP contribution in [-0.2, 0) is 25.5 Å². The number of carbonyl (C=O) groups excluding carboxylic acids is 2. The molecule has 5 nitrogen and oxygen atoms in total. The monoisotopic (exact) mass is 305 g/mol. The first-order chi connectivity index (χ1) is 10.6. The number of hydrogen-bond donors (Lipinski definition) is 1. The van der Waals surface area contributed by atoms with Gasteiger partial charge in [-0.05, 0) is 31.7 Å². The molecule has 1 aromatic carbocycles. The second kappa shape index (κ2) is 7.94. The maximum Gasteiger partial charge on any atom is 0.311 e. The lowest BCUT2D eigenvalue weighted by Gasteiger charge is -2.24. The lowest BCUT2D eigenvalue weighted by molar-refractivity contribution is -0.146. The van der Waals surface area contributed by atoms with E-state index in [1.807, 2.05) is 37.3 Å². The second-order valence-corrected chi connectivity index (χ2v) is 5.62. The minimum Gasteiger partial charge on any atom is -0.469 e. The molecule has 0 bridgehead atoms. The molecule has 0 radical (unpaired) electrons. The van der Waals surface area contributed by atoms with Crippen LogP contribution in [0.1, 0.15) is 25.3 Å². The summed E-state index contributed by atoms with van der Waals surface area (Å²) in [5.74, 6) is -0.881. The predicted octanol–water partition coefficient (Wildman–Crippen LogP) is 1.70. The van der Waals surface area contributed by atoms with Crippen molar-refractivity contribution in [3.05, 3.63) is 35.9 Å². The topological polar surface area (TPSA) is 64.6 Å². The van der Waals surface area contributed by atoms with E-state index in [0.717, 1.165) is 18.4 Å². The molecule has 0 spiro atoms. The van der Waals surface area contributed by atoms with E-state index in [0.29, 0.717) is 13.0 Å². The van der Waals surface area contributed by atoms with Crippen LogP contribution in [0, 0.1) is 5.92 Å². The van der Waals surface area contributed by atoms with Gasteiger partial charge >= 0.3 is 5.97 Å². The summed E-state index contributed by atoms with van der Waals surface area (Å²) in [4.78, 5) is 24.2. The number of benzene rings is 1. The van der Waals surface area contributed by atoms with Gasteiger partial charge in [-0.1, -0.05) is 30.3 Å². The molecule has 2 rings (SSSR count). The van der Waals surface area contributed by atoms with Gasteiger partial charge in [0.2, 0.25) is 5.91 Å². The molecule has 1 aromatic rings. The fraction of sp³-hybridized carbons (Fsp3) is 0.529. The van der Waals surface area contributed by atoms with Crippen LogP contribution >= 0.6 is 0 Å². The Kier molecular flexibility index (Phi) is 5.95. The highest BCUT2D eigenvalue weighted by molar-refractivity contribution is 5.82. The van der Waals surface area contributed by atoms with E-state index in [1.165, 1.54) is 7.11 Å². The normalized spacial score (nSPS) is 20.2. The maximum absolute atomic E-state index is 12.1. The van der Waals surface area contributed by atoms with E-state index in [1.54, 1.807) is 0 Å². The quantitative estimate of drug-likeness (QED) is 0.813. The van der Waals surface area contributed by atoms with E-state index < -0.39 is 12.0 Å². The number of carbonyl (C=O) groups is 2. The van der Waals surface area contributed by atoms with E-state index in [4.69, 9.17) is 9.47 Å². The van der Waals surface area contributed by atoms with Gasteiger partial charge in [-0.15, -0.1) is 0 Å². The van der Waals surface area contributed by atoms with Gasteiger partial charge in [-0.2, -0.15) is 0 Å². The molecule has 1 heterocycles. The molecule has 0 aromatic heterocycles. The number of rotatable bonds is 6. The summed E-state index contributed by atoms with van der Waals surface area (Å²) in [6.45, 7) is 2.45. The van der Waals surface area contributed by atoms with Crippen LogP contribution < -0.4 is 5.32 Å². The second-order valence-electron chi connectivity index (χ2n) is 5.62. The van der Waals surface area contributed by atoms with Crippen molar-refractivity contribution in [1.29, 1.82) is 0 Å². The van der Waals surface area contributed by atoms with Crippen LogP contribution in [0.25, 0.3) is 0 Å². The van der Waals surface area contributed by atoms with Crippen LogP contribution in [0.2, 0.25) is 0 Å². The van der Waals surface area contributed by atoms with Gasteiger partial charge in [0.1, 0.15) is 6.10 Å². The summed E-state index contributed by atoms with van der Waals surface area (Å²) >= 11 is 0. The van der Waals surface area contributed by atoms with Gasteiger partial charge in [0.15, 0.2) is 0 Å². The highest BCUT2D eigenvalue weighted by Crippen LogP contribution is 2.17. The lowest BCUT2D eigenvalue weighted by atomic mass is 9.93. The molecule has 5 heteroatoms.